The first kappa shape index (κ1) is 13.3. The maximum atomic E-state index is 8.57. The molecule has 0 aliphatic carbocycles. The van der Waals surface area contributed by atoms with Crippen molar-refractivity contribution in [2.45, 2.75) is 0 Å². The Bertz CT molecular complexity index is 180. The summed E-state index contributed by atoms with van der Waals surface area (Å²) >= 11 is 9.82. The van der Waals surface area contributed by atoms with Crippen LogP contribution < -0.4 is 0 Å². The van der Waals surface area contributed by atoms with Gasteiger partial charge < -0.3 is 0 Å². The van der Waals surface area contributed by atoms with Crippen molar-refractivity contribution in [3.05, 3.63) is 29.5 Å². The van der Waals surface area contributed by atoms with Crippen LogP contribution >= 0.6 is 35.6 Å². The summed E-state index contributed by atoms with van der Waals surface area (Å²) in [5.41, 5.74) is 0. The van der Waals surface area contributed by atoms with E-state index in [0.717, 1.165) is 5.02 Å². The van der Waals surface area contributed by atoms with Gasteiger partial charge in [-0.15, -0.1) is 12.4 Å². The molecule has 1 aromatic heterocycles. The number of halogens is 3. The van der Waals surface area contributed by atoms with Crippen LogP contribution in [-0.4, -0.2) is 10.7 Å². The topological polar surface area (TPSA) is 30.0 Å². The van der Waals surface area contributed by atoms with Gasteiger partial charge in [-0.25, -0.2) is 0 Å². The average Bonchev–Trinajstić information content (AvgIpc) is 1.91. The zero-order valence-electron chi connectivity index (χ0n) is 5.41. The number of nitrogens with zero attached hydrogens (tertiary/aromatic N) is 1. The number of aromatic nitrogens is 1. The molecule has 1 rings (SSSR count). The Hall–Kier alpha value is -0.310. The molecule has 1 heterocycles. The molecule has 62 valence electrons. The van der Waals surface area contributed by atoms with Gasteiger partial charge in [-0.3, -0.25) is 9.78 Å². The minimum Gasteiger partial charge on any atom is -0.285 e. The Morgan fingerprint density at radius 2 is 1.73 bits per heavy atom. The molecule has 0 aliphatic rings. The SMILES string of the molecule is Cl.Clc1ccncc1.O=CCl. The molecule has 0 bridgehead atoms. The summed E-state index contributed by atoms with van der Waals surface area (Å²) in [6.07, 6.45) is 3.31. The second kappa shape index (κ2) is 9.69. The molecule has 0 N–H and O–H groups in total. The Morgan fingerprint density at radius 3 is 1.91 bits per heavy atom. The molecule has 0 atom stereocenters. The number of hydrogen-bond acceptors (Lipinski definition) is 2. The molecular formula is C6H6Cl3NO. The molecule has 0 saturated carbocycles. The summed E-state index contributed by atoms with van der Waals surface area (Å²) < 4.78 is 0. The Kier molecular flexibility index (Phi) is 11.7. The summed E-state index contributed by atoms with van der Waals surface area (Å²) in [5.74, 6) is 0.222. The van der Waals surface area contributed by atoms with Gasteiger partial charge in [0.05, 0.1) is 0 Å². The number of carbonyl (C=O) groups is 1. The third-order valence-electron chi connectivity index (χ3n) is 0.640. The molecule has 0 fully saturated rings. The number of hydrogen-bond donors (Lipinski definition) is 0. The van der Waals surface area contributed by atoms with Crippen molar-refractivity contribution < 1.29 is 4.79 Å². The first-order chi connectivity index (χ1) is 4.81. The molecule has 0 unspecified atom stereocenters. The van der Waals surface area contributed by atoms with E-state index < -0.39 is 0 Å². The van der Waals surface area contributed by atoms with Gasteiger partial charge in [0.2, 0.25) is 5.75 Å². The van der Waals surface area contributed by atoms with E-state index in [9.17, 15) is 0 Å². The third kappa shape index (κ3) is 9.69. The second-order valence-electron chi connectivity index (χ2n) is 1.25. The van der Waals surface area contributed by atoms with Crippen LogP contribution in [0.2, 0.25) is 5.02 Å². The van der Waals surface area contributed by atoms with E-state index >= 15 is 0 Å². The van der Waals surface area contributed by atoms with Crippen LogP contribution in [0.4, 0.5) is 0 Å². The van der Waals surface area contributed by atoms with E-state index in [1.54, 1.807) is 24.5 Å². The molecule has 11 heavy (non-hydrogen) atoms. The third-order valence-corrected chi connectivity index (χ3v) is 0.892. The fourth-order valence-corrected chi connectivity index (χ4v) is 0.446. The molecule has 0 saturated heterocycles. The lowest BCUT2D eigenvalue weighted by Gasteiger charge is -1.79. The molecular weight excluding hydrogens is 208 g/mol. The van der Waals surface area contributed by atoms with Crippen molar-refractivity contribution in [2.75, 3.05) is 0 Å². The zero-order valence-corrected chi connectivity index (χ0v) is 7.73. The van der Waals surface area contributed by atoms with Crippen molar-refractivity contribution in [1.29, 1.82) is 0 Å². The maximum Gasteiger partial charge on any atom is 0.208 e. The van der Waals surface area contributed by atoms with Gasteiger partial charge >= 0.3 is 0 Å². The first-order valence-corrected chi connectivity index (χ1v) is 3.22. The van der Waals surface area contributed by atoms with Gasteiger partial charge in [0.25, 0.3) is 0 Å². The van der Waals surface area contributed by atoms with E-state index in [-0.39, 0.29) is 18.2 Å². The van der Waals surface area contributed by atoms with Gasteiger partial charge in [0.15, 0.2) is 0 Å². The maximum absolute atomic E-state index is 8.57. The molecule has 0 amide bonds. The van der Waals surface area contributed by atoms with Crippen LogP contribution in [0.15, 0.2) is 24.5 Å². The Labute approximate surface area is 80.9 Å². The van der Waals surface area contributed by atoms with E-state index in [2.05, 4.69) is 16.6 Å². The highest BCUT2D eigenvalue weighted by Crippen LogP contribution is 2.01. The number of carbonyl (C=O) groups excluding carboxylic acids is 1. The standard InChI is InChI=1S/C5H4ClN.CHClO.ClH/c6-5-1-3-7-4-2-5;2-1-3;/h1-4H;1H;1H. The minimum absolute atomic E-state index is 0. The summed E-state index contributed by atoms with van der Waals surface area (Å²) in [7, 11) is 0. The van der Waals surface area contributed by atoms with Gasteiger partial charge in [0.1, 0.15) is 0 Å². The van der Waals surface area contributed by atoms with Crippen molar-refractivity contribution in [1.82, 2.24) is 4.98 Å². The quantitative estimate of drug-likeness (QED) is 0.491. The summed E-state index contributed by atoms with van der Waals surface area (Å²) in [4.78, 5) is 12.3. The highest BCUT2D eigenvalue weighted by molar-refractivity contribution is 6.54. The van der Waals surface area contributed by atoms with E-state index in [4.69, 9.17) is 16.4 Å². The van der Waals surface area contributed by atoms with Gasteiger partial charge in [-0.2, -0.15) is 0 Å². The fraction of sp³-hybridized carbons (Fsp3) is 0. The predicted octanol–water partition coefficient (Wildman–Crippen LogP) is 2.57. The van der Waals surface area contributed by atoms with Crippen molar-refractivity contribution in [3.63, 3.8) is 0 Å². The van der Waals surface area contributed by atoms with Crippen LogP contribution in [0, 0.1) is 0 Å². The lowest BCUT2D eigenvalue weighted by molar-refractivity contribution is 0.569. The molecule has 0 spiro atoms. The number of pyridine rings is 1. The van der Waals surface area contributed by atoms with Crippen LogP contribution in [-0.2, 0) is 4.79 Å². The van der Waals surface area contributed by atoms with Crippen molar-refractivity contribution in [2.24, 2.45) is 0 Å². The lowest BCUT2D eigenvalue weighted by Crippen LogP contribution is -1.63. The zero-order chi connectivity index (χ0) is 7.82. The molecule has 5 heteroatoms. The van der Waals surface area contributed by atoms with E-state index in [1.165, 1.54) is 0 Å². The number of rotatable bonds is 0. The highest BCUT2D eigenvalue weighted by atomic mass is 35.5. The van der Waals surface area contributed by atoms with Crippen LogP contribution in [0.25, 0.3) is 0 Å². The highest BCUT2D eigenvalue weighted by Gasteiger charge is 1.75. The van der Waals surface area contributed by atoms with E-state index in [0.29, 0.717) is 0 Å². The molecule has 0 aliphatic heterocycles. The van der Waals surface area contributed by atoms with Crippen LogP contribution in [0.5, 0.6) is 0 Å². The summed E-state index contributed by atoms with van der Waals surface area (Å²) in [6.45, 7) is 0. The minimum atomic E-state index is 0. The molecule has 1 aromatic rings. The van der Waals surface area contributed by atoms with Crippen LogP contribution in [0.1, 0.15) is 0 Å². The van der Waals surface area contributed by atoms with Gasteiger partial charge in [0, 0.05) is 17.4 Å². The van der Waals surface area contributed by atoms with Crippen molar-refractivity contribution in [3.8, 4) is 0 Å². The first-order valence-electron chi connectivity index (χ1n) is 2.40. The molecule has 2 nitrogen and oxygen atoms in total. The van der Waals surface area contributed by atoms with Crippen LogP contribution in [0.3, 0.4) is 0 Å². The monoisotopic (exact) mass is 213 g/mol. The Morgan fingerprint density at radius 1 is 1.36 bits per heavy atom. The van der Waals surface area contributed by atoms with Gasteiger partial charge in [-0.1, -0.05) is 11.6 Å². The smallest absolute Gasteiger partial charge is 0.208 e. The average molecular weight is 214 g/mol. The fourth-order valence-electron chi connectivity index (χ4n) is 0.334. The lowest BCUT2D eigenvalue weighted by atomic mass is 10.5. The normalized spacial score (nSPS) is 6.73. The van der Waals surface area contributed by atoms with Gasteiger partial charge in [-0.05, 0) is 23.7 Å². The van der Waals surface area contributed by atoms with E-state index in [1.807, 2.05) is 0 Å². The molecule has 0 radical (unpaired) electrons. The second-order valence-corrected chi connectivity index (χ2v) is 1.87. The predicted molar refractivity (Wildman–Crippen MR) is 49.1 cm³/mol. The van der Waals surface area contributed by atoms with Crippen molar-refractivity contribution >= 4 is 41.4 Å². The largest absolute Gasteiger partial charge is 0.285 e. The summed E-state index contributed by atoms with van der Waals surface area (Å²) in [5, 5.41) is 0.731. The summed E-state index contributed by atoms with van der Waals surface area (Å²) in [6, 6.07) is 3.48. The Balaban J connectivity index is 0. The molecule has 0 aromatic carbocycles.